The Balaban J connectivity index is 1.87. The van der Waals surface area contributed by atoms with Crippen LogP contribution >= 0.6 is 0 Å². The maximum atomic E-state index is 11.8. The van der Waals surface area contributed by atoms with Gasteiger partial charge in [-0.25, -0.2) is 4.98 Å². The van der Waals surface area contributed by atoms with Gasteiger partial charge >= 0.3 is 5.97 Å². The van der Waals surface area contributed by atoms with Crippen LogP contribution in [0.4, 0.5) is 5.82 Å². The summed E-state index contributed by atoms with van der Waals surface area (Å²) in [6.07, 6.45) is 2.95. The Morgan fingerprint density at radius 1 is 1.50 bits per heavy atom. The van der Waals surface area contributed by atoms with Crippen LogP contribution in [-0.2, 0) is 9.59 Å². The molecular weight excluding hydrogens is 260 g/mol. The standard InChI is InChI=1S/C13H18N4O3/c1-13(12(19)20)6-4-8-17(13)9-11(18)16-15-10-5-2-3-7-14-10/h2-3,5,7H,4,6,8-9H2,1H3,(H,14,15)(H,16,18)(H,19,20). The van der Waals surface area contributed by atoms with E-state index in [4.69, 9.17) is 0 Å². The van der Waals surface area contributed by atoms with Crippen LogP contribution in [-0.4, -0.2) is 45.5 Å². The SMILES string of the molecule is CC1(C(=O)O)CCCN1CC(=O)NNc1ccccn1. The van der Waals surface area contributed by atoms with Crippen LogP contribution in [0.25, 0.3) is 0 Å². The van der Waals surface area contributed by atoms with E-state index in [1.807, 2.05) is 0 Å². The van der Waals surface area contributed by atoms with Crippen molar-refractivity contribution in [3.63, 3.8) is 0 Å². The molecule has 7 nitrogen and oxygen atoms in total. The largest absolute Gasteiger partial charge is 0.480 e. The number of nitrogens with zero attached hydrogens (tertiary/aromatic N) is 2. The van der Waals surface area contributed by atoms with Gasteiger partial charge in [-0.2, -0.15) is 0 Å². The average molecular weight is 278 g/mol. The van der Waals surface area contributed by atoms with E-state index in [1.165, 1.54) is 0 Å². The summed E-state index contributed by atoms with van der Waals surface area (Å²) in [4.78, 5) is 28.8. The lowest BCUT2D eigenvalue weighted by molar-refractivity contribution is -0.149. The molecule has 1 saturated heterocycles. The summed E-state index contributed by atoms with van der Waals surface area (Å²) in [7, 11) is 0. The van der Waals surface area contributed by atoms with E-state index in [2.05, 4.69) is 15.8 Å². The summed E-state index contributed by atoms with van der Waals surface area (Å²) in [5.41, 5.74) is 4.25. The number of amides is 1. The molecule has 0 radical (unpaired) electrons. The first-order valence-electron chi connectivity index (χ1n) is 6.47. The predicted molar refractivity (Wildman–Crippen MR) is 72.9 cm³/mol. The first-order chi connectivity index (χ1) is 9.52. The maximum absolute atomic E-state index is 11.8. The van der Waals surface area contributed by atoms with Gasteiger partial charge in [0, 0.05) is 6.20 Å². The van der Waals surface area contributed by atoms with Crippen molar-refractivity contribution in [2.75, 3.05) is 18.5 Å². The van der Waals surface area contributed by atoms with Crippen LogP contribution in [0.5, 0.6) is 0 Å². The Bertz CT molecular complexity index is 494. The molecule has 0 spiro atoms. The normalized spacial score (nSPS) is 22.4. The molecule has 20 heavy (non-hydrogen) atoms. The number of aromatic nitrogens is 1. The fourth-order valence-electron chi connectivity index (χ4n) is 2.30. The second-order valence-electron chi connectivity index (χ2n) is 4.99. The minimum absolute atomic E-state index is 0.0443. The van der Waals surface area contributed by atoms with Gasteiger partial charge in [0.1, 0.15) is 11.4 Å². The topological polar surface area (TPSA) is 94.6 Å². The fraction of sp³-hybridized carbons (Fsp3) is 0.462. The van der Waals surface area contributed by atoms with E-state index >= 15 is 0 Å². The minimum atomic E-state index is -0.956. The molecule has 3 N–H and O–H groups in total. The zero-order valence-corrected chi connectivity index (χ0v) is 11.3. The van der Waals surface area contributed by atoms with Gasteiger partial charge in [0.05, 0.1) is 6.54 Å². The smallest absolute Gasteiger partial charge is 0.323 e. The summed E-state index contributed by atoms with van der Waals surface area (Å²) >= 11 is 0. The lowest BCUT2D eigenvalue weighted by atomic mass is 9.99. The summed E-state index contributed by atoms with van der Waals surface area (Å²) in [6.45, 7) is 2.31. The van der Waals surface area contributed by atoms with Crippen LogP contribution in [0, 0.1) is 0 Å². The zero-order valence-electron chi connectivity index (χ0n) is 11.3. The molecule has 1 aromatic rings. The molecular formula is C13H18N4O3. The Morgan fingerprint density at radius 2 is 2.30 bits per heavy atom. The number of anilines is 1. The van der Waals surface area contributed by atoms with Crippen molar-refractivity contribution >= 4 is 17.7 Å². The second-order valence-corrected chi connectivity index (χ2v) is 4.99. The fourth-order valence-corrected chi connectivity index (χ4v) is 2.30. The van der Waals surface area contributed by atoms with Crippen LogP contribution in [0.15, 0.2) is 24.4 Å². The zero-order chi connectivity index (χ0) is 14.6. The quantitative estimate of drug-likeness (QED) is 0.678. The van der Waals surface area contributed by atoms with E-state index in [9.17, 15) is 14.7 Å². The first-order valence-corrected chi connectivity index (χ1v) is 6.47. The van der Waals surface area contributed by atoms with Gasteiger partial charge < -0.3 is 5.11 Å². The van der Waals surface area contributed by atoms with E-state index in [0.717, 1.165) is 6.42 Å². The number of carboxylic acid groups (broad SMARTS) is 1. The van der Waals surface area contributed by atoms with Gasteiger partial charge in [0.15, 0.2) is 0 Å². The third kappa shape index (κ3) is 3.05. The summed E-state index contributed by atoms with van der Waals surface area (Å²) < 4.78 is 0. The average Bonchev–Trinajstić information content (AvgIpc) is 2.80. The molecule has 7 heteroatoms. The molecule has 1 atom stereocenters. The number of carbonyl (C=O) groups is 2. The number of hydrogen-bond acceptors (Lipinski definition) is 5. The van der Waals surface area contributed by atoms with Crippen molar-refractivity contribution in [3.8, 4) is 0 Å². The molecule has 2 heterocycles. The molecule has 1 aromatic heterocycles. The number of carbonyl (C=O) groups excluding carboxylic acids is 1. The second kappa shape index (κ2) is 5.87. The van der Waals surface area contributed by atoms with Gasteiger partial charge in [-0.1, -0.05) is 6.07 Å². The van der Waals surface area contributed by atoms with Crippen molar-refractivity contribution in [3.05, 3.63) is 24.4 Å². The third-order valence-electron chi connectivity index (χ3n) is 3.58. The van der Waals surface area contributed by atoms with Crippen LogP contribution in [0.1, 0.15) is 19.8 Å². The minimum Gasteiger partial charge on any atom is -0.480 e. The Hall–Kier alpha value is -2.15. The van der Waals surface area contributed by atoms with Crippen molar-refractivity contribution in [1.82, 2.24) is 15.3 Å². The van der Waals surface area contributed by atoms with E-state index < -0.39 is 11.5 Å². The lowest BCUT2D eigenvalue weighted by Gasteiger charge is -2.30. The third-order valence-corrected chi connectivity index (χ3v) is 3.58. The van der Waals surface area contributed by atoms with Crippen LogP contribution < -0.4 is 10.9 Å². The summed E-state index contributed by atoms with van der Waals surface area (Å²) in [5.74, 6) is -0.645. The Kier molecular flexibility index (Phi) is 4.19. The predicted octanol–water partition coefficient (Wildman–Crippen LogP) is 0.464. The van der Waals surface area contributed by atoms with E-state index in [1.54, 1.807) is 36.2 Å². The van der Waals surface area contributed by atoms with E-state index in [-0.39, 0.29) is 12.5 Å². The van der Waals surface area contributed by atoms with Gasteiger partial charge in [-0.3, -0.25) is 25.3 Å². The molecule has 0 saturated carbocycles. The molecule has 108 valence electrons. The van der Waals surface area contributed by atoms with Crippen LogP contribution in [0.3, 0.4) is 0 Å². The van der Waals surface area contributed by atoms with Gasteiger partial charge in [0.25, 0.3) is 5.91 Å². The summed E-state index contributed by atoms with van der Waals surface area (Å²) in [6, 6.07) is 5.29. The van der Waals surface area contributed by atoms with Crippen molar-refractivity contribution in [1.29, 1.82) is 0 Å². The van der Waals surface area contributed by atoms with Crippen molar-refractivity contribution in [2.24, 2.45) is 0 Å². The van der Waals surface area contributed by atoms with Gasteiger partial charge in [0.2, 0.25) is 0 Å². The molecule has 0 bridgehead atoms. The molecule has 0 aromatic carbocycles. The number of hydrogen-bond donors (Lipinski definition) is 3. The number of carboxylic acids is 1. The van der Waals surface area contributed by atoms with Crippen LogP contribution in [0.2, 0.25) is 0 Å². The number of hydrazine groups is 1. The Labute approximate surface area is 117 Å². The maximum Gasteiger partial charge on any atom is 0.323 e. The van der Waals surface area contributed by atoms with E-state index in [0.29, 0.717) is 18.8 Å². The Morgan fingerprint density at radius 3 is 2.95 bits per heavy atom. The van der Waals surface area contributed by atoms with Gasteiger partial charge in [-0.05, 0) is 38.4 Å². The molecule has 1 aliphatic heterocycles. The molecule has 1 amide bonds. The molecule has 1 unspecified atom stereocenters. The number of pyridine rings is 1. The highest BCUT2D eigenvalue weighted by Gasteiger charge is 2.43. The lowest BCUT2D eigenvalue weighted by Crippen LogP contribution is -2.52. The number of aliphatic carboxylic acids is 1. The number of likely N-dealkylation sites (tertiary alicyclic amines) is 1. The van der Waals surface area contributed by atoms with Gasteiger partial charge in [-0.15, -0.1) is 0 Å². The molecule has 0 aliphatic carbocycles. The monoisotopic (exact) mass is 278 g/mol. The highest BCUT2D eigenvalue weighted by molar-refractivity contribution is 5.82. The molecule has 1 aliphatic rings. The number of rotatable bonds is 5. The molecule has 2 rings (SSSR count). The molecule has 1 fully saturated rings. The van der Waals surface area contributed by atoms with Crippen molar-refractivity contribution < 1.29 is 14.7 Å². The first kappa shape index (κ1) is 14.3. The highest BCUT2D eigenvalue weighted by Crippen LogP contribution is 2.28. The van der Waals surface area contributed by atoms with Crippen molar-refractivity contribution in [2.45, 2.75) is 25.3 Å². The highest BCUT2D eigenvalue weighted by atomic mass is 16.4. The number of nitrogens with one attached hydrogen (secondary N) is 2. The summed E-state index contributed by atoms with van der Waals surface area (Å²) in [5, 5.41) is 9.26.